The number of amides is 1. The Balaban J connectivity index is 1.57. The van der Waals surface area contributed by atoms with Crippen molar-refractivity contribution in [2.75, 3.05) is 0 Å². The summed E-state index contributed by atoms with van der Waals surface area (Å²) in [5.41, 5.74) is 4.13. The van der Waals surface area contributed by atoms with Crippen LogP contribution in [0.25, 0.3) is 0 Å². The molecule has 2 aromatic rings. The van der Waals surface area contributed by atoms with Crippen LogP contribution in [0.15, 0.2) is 59.2 Å². The Morgan fingerprint density at radius 1 is 1.09 bits per heavy atom. The van der Waals surface area contributed by atoms with Crippen molar-refractivity contribution in [3.8, 4) is 5.75 Å². The highest BCUT2D eigenvalue weighted by Crippen LogP contribution is 2.51. The number of aromatic nitrogens is 1. The number of primary amides is 1. The van der Waals surface area contributed by atoms with Crippen molar-refractivity contribution >= 4 is 17.5 Å². The van der Waals surface area contributed by atoms with Gasteiger partial charge in [-0.25, -0.2) is 0 Å². The third-order valence-electron chi connectivity index (χ3n) is 7.42. The molecule has 0 saturated heterocycles. The van der Waals surface area contributed by atoms with Crippen molar-refractivity contribution in [1.29, 1.82) is 0 Å². The van der Waals surface area contributed by atoms with E-state index < -0.39 is 52.0 Å². The molecule has 3 aliphatic carbocycles. The summed E-state index contributed by atoms with van der Waals surface area (Å²) in [5, 5.41) is 43.1. The monoisotopic (exact) mass is 476 g/mol. The highest BCUT2D eigenvalue weighted by molar-refractivity contribution is 6.24. The van der Waals surface area contributed by atoms with Crippen molar-refractivity contribution in [2.24, 2.45) is 17.6 Å². The molecule has 6 N–H and O–H groups in total. The number of ketones is 2. The molecule has 0 radical (unpaired) electrons. The molecule has 1 amide bonds. The number of aliphatic hydroxyl groups is 3. The number of phenolic OH excluding ortho intramolecular Hbond substituents is 1. The van der Waals surface area contributed by atoms with Crippen molar-refractivity contribution in [1.82, 2.24) is 4.98 Å². The molecule has 9 nitrogen and oxygen atoms in total. The summed E-state index contributed by atoms with van der Waals surface area (Å²) in [6.45, 7) is 0. The van der Waals surface area contributed by atoms with Crippen LogP contribution in [-0.2, 0) is 28.9 Å². The van der Waals surface area contributed by atoms with E-state index in [1.54, 1.807) is 12.3 Å². The number of aromatic hydroxyl groups is 1. The van der Waals surface area contributed by atoms with Gasteiger partial charge in [0.1, 0.15) is 22.8 Å². The summed E-state index contributed by atoms with van der Waals surface area (Å²) in [6.07, 6.45) is 3.05. The Morgan fingerprint density at radius 3 is 2.54 bits per heavy atom. The number of nitrogens with two attached hydrogens (primary N) is 1. The maximum Gasteiger partial charge on any atom is 0.255 e. The molecule has 35 heavy (non-hydrogen) atoms. The van der Waals surface area contributed by atoms with Crippen LogP contribution in [0.1, 0.15) is 40.0 Å². The van der Waals surface area contributed by atoms with E-state index in [2.05, 4.69) is 4.98 Å². The molecular weight excluding hydrogens is 452 g/mol. The molecular formula is C26H24N2O7. The van der Waals surface area contributed by atoms with Gasteiger partial charge in [0, 0.05) is 29.8 Å². The number of carbonyl (C=O) groups is 3. The molecule has 0 bridgehead atoms. The van der Waals surface area contributed by atoms with Gasteiger partial charge >= 0.3 is 0 Å². The van der Waals surface area contributed by atoms with Gasteiger partial charge in [-0.2, -0.15) is 0 Å². The first kappa shape index (κ1) is 22.8. The number of aliphatic hydroxyl groups excluding tert-OH is 2. The maximum absolute atomic E-state index is 13.5. The minimum Gasteiger partial charge on any atom is -0.511 e. The van der Waals surface area contributed by atoms with E-state index in [9.17, 15) is 34.8 Å². The largest absolute Gasteiger partial charge is 0.511 e. The zero-order valence-electron chi connectivity index (χ0n) is 18.7. The highest BCUT2D eigenvalue weighted by atomic mass is 16.3. The number of Topliss-reactive ketones (excluding diaryl/α,β-unsaturated/α-hetero) is 2. The Morgan fingerprint density at radius 2 is 1.86 bits per heavy atom. The second-order valence-electron chi connectivity index (χ2n) is 9.33. The number of carbonyl (C=O) groups excluding carboxylic acids is 3. The number of allylic oxidation sites excluding steroid dienone is 2. The van der Waals surface area contributed by atoms with E-state index in [0.29, 0.717) is 24.8 Å². The topological polar surface area (TPSA) is 171 Å². The zero-order valence-corrected chi connectivity index (χ0v) is 18.7. The average molecular weight is 476 g/mol. The molecule has 1 aromatic heterocycles. The number of hydrogen-bond donors (Lipinski definition) is 5. The van der Waals surface area contributed by atoms with Crippen LogP contribution >= 0.6 is 0 Å². The summed E-state index contributed by atoms with van der Waals surface area (Å²) >= 11 is 0. The minimum absolute atomic E-state index is 0.0279. The predicted molar refractivity (Wildman–Crippen MR) is 122 cm³/mol. The van der Waals surface area contributed by atoms with Gasteiger partial charge in [-0.15, -0.1) is 0 Å². The van der Waals surface area contributed by atoms with E-state index in [-0.39, 0.29) is 29.7 Å². The van der Waals surface area contributed by atoms with Crippen molar-refractivity contribution in [2.45, 2.75) is 37.7 Å². The number of benzene rings is 1. The molecule has 1 heterocycles. The van der Waals surface area contributed by atoms with Gasteiger partial charge in [-0.1, -0.05) is 12.1 Å². The summed E-state index contributed by atoms with van der Waals surface area (Å²) in [7, 11) is 0. The van der Waals surface area contributed by atoms with Crippen molar-refractivity contribution in [3.05, 3.63) is 81.6 Å². The predicted octanol–water partition coefficient (Wildman–Crippen LogP) is 1.76. The van der Waals surface area contributed by atoms with Crippen LogP contribution < -0.4 is 5.73 Å². The third kappa shape index (κ3) is 3.34. The Bertz CT molecular complexity index is 1340. The van der Waals surface area contributed by atoms with Crippen LogP contribution in [0.2, 0.25) is 0 Å². The first-order valence-electron chi connectivity index (χ1n) is 11.4. The van der Waals surface area contributed by atoms with Crippen LogP contribution in [0.5, 0.6) is 5.75 Å². The summed E-state index contributed by atoms with van der Waals surface area (Å²) < 4.78 is 0. The van der Waals surface area contributed by atoms with Gasteiger partial charge in [-0.3, -0.25) is 19.4 Å². The molecule has 3 atom stereocenters. The SMILES string of the molecule is NC(=O)C1=C(O)C[C@@H]2C[C@@H]3Cc4c(CCc5ccccn5)ccc(O)c4C(=O)C3=C(O)[C@]2(O)C1=O. The number of nitrogens with zero attached hydrogens (tertiary/aromatic N) is 1. The van der Waals surface area contributed by atoms with E-state index in [0.717, 1.165) is 11.3 Å². The fraction of sp³-hybridized carbons (Fsp3) is 0.308. The number of hydrogen-bond acceptors (Lipinski definition) is 8. The zero-order chi connectivity index (χ0) is 25.1. The number of fused-ring (bicyclic) bond motifs is 3. The fourth-order valence-corrected chi connectivity index (χ4v) is 5.73. The van der Waals surface area contributed by atoms with Crippen LogP contribution in [0.3, 0.4) is 0 Å². The standard InChI is InChI=1S/C26H24N2O7/c27-25(34)21-18(30)11-14-9-13-10-16-12(4-6-15-3-1-2-8-28-15)5-7-17(29)20(16)22(31)19(13)23(32)26(14,35)24(21)33/h1-3,5,7-8,13-14,29-30,32,35H,4,6,9-11H2,(H2,27,34)/t13-,14+,26+/m1/s1. The lowest BCUT2D eigenvalue weighted by Gasteiger charge is -2.45. The molecule has 3 aliphatic rings. The molecule has 0 fully saturated rings. The second kappa shape index (κ2) is 8.06. The van der Waals surface area contributed by atoms with E-state index in [4.69, 9.17) is 5.73 Å². The van der Waals surface area contributed by atoms with Gasteiger partial charge in [0.05, 0.1) is 5.56 Å². The molecule has 5 rings (SSSR count). The molecule has 9 heteroatoms. The number of pyridine rings is 1. The normalized spacial score (nSPS) is 25.7. The highest BCUT2D eigenvalue weighted by Gasteiger charge is 2.59. The molecule has 1 aromatic carbocycles. The first-order valence-corrected chi connectivity index (χ1v) is 11.4. The first-order chi connectivity index (χ1) is 16.6. The lowest BCUT2D eigenvalue weighted by atomic mass is 9.60. The van der Waals surface area contributed by atoms with E-state index >= 15 is 0 Å². The maximum atomic E-state index is 13.5. The molecule has 180 valence electrons. The Kier molecular flexibility index (Phi) is 5.25. The van der Waals surface area contributed by atoms with Crippen LogP contribution in [0, 0.1) is 11.8 Å². The van der Waals surface area contributed by atoms with Gasteiger partial charge < -0.3 is 26.2 Å². The number of aryl methyl sites for hydroxylation is 2. The molecule has 0 spiro atoms. The van der Waals surface area contributed by atoms with Crippen molar-refractivity contribution < 1.29 is 34.8 Å². The average Bonchev–Trinajstić information content (AvgIpc) is 2.81. The van der Waals surface area contributed by atoms with E-state index in [1.165, 1.54) is 6.07 Å². The summed E-state index contributed by atoms with van der Waals surface area (Å²) in [5.74, 6) is -6.27. The third-order valence-corrected chi connectivity index (χ3v) is 7.42. The fourth-order valence-electron chi connectivity index (χ4n) is 5.73. The van der Waals surface area contributed by atoms with Gasteiger partial charge in [0.2, 0.25) is 5.78 Å². The lowest BCUT2D eigenvalue weighted by molar-refractivity contribution is -0.144. The smallest absolute Gasteiger partial charge is 0.255 e. The van der Waals surface area contributed by atoms with Crippen molar-refractivity contribution in [3.63, 3.8) is 0 Å². The Hall–Kier alpha value is -3.98. The second-order valence-corrected chi connectivity index (χ2v) is 9.33. The lowest BCUT2D eigenvalue weighted by Crippen LogP contribution is -2.57. The Labute approximate surface area is 200 Å². The molecule has 0 aliphatic heterocycles. The number of phenols is 1. The van der Waals surface area contributed by atoms with Gasteiger partial charge in [0.15, 0.2) is 11.4 Å². The van der Waals surface area contributed by atoms with E-state index in [1.807, 2.05) is 18.2 Å². The summed E-state index contributed by atoms with van der Waals surface area (Å²) in [4.78, 5) is 42.6. The summed E-state index contributed by atoms with van der Waals surface area (Å²) in [6, 6.07) is 8.79. The number of rotatable bonds is 4. The van der Waals surface area contributed by atoms with Gasteiger partial charge in [-0.05, 0) is 60.9 Å². The van der Waals surface area contributed by atoms with Crippen LogP contribution in [0.4, 0.5) is 0 Å². The van der Waals surface area contributed by atoms with Gasteiger partial charge in [0.25, 0.3) is 5.91 Å². The molecule has 0 saturated carbocycles. The van der Waals surface area contributed by atoms with Crippen LogP contribution in [-0.4, -0.2) is 48.5 Å². The minimum atomic E-state index is -2.55. The molecule has 0 unspecified atom stereocenters. The quantitative estimate of drug-likeness (QED) is 0.415.